The van der Waals surface area contributed by atoms with Crippen molar-refractivity contribution in [1.29, 1.82) is 0 Å². The Bertz CT molecular complexity index is 1370. The molecule has 172 valence electrons. The maximum absolute atomic E-state index is 13.7. The van der Waals surface area contributed by atoms with Gasteiger partial charge in [0.15, 0.2) is 0 Å². The Labute approximate surface area is 198 Å². The van der Waals surface area contributed by atoms with Crippen LogP contribution < -0.4 is 4.74 Å². The number of benzene rings is 2. The van der Waals surface area contributed by atoms with Gasteiger partial charge in [0.2, 0.25) is 0 Å². The lowest BCUT2D eigenvalue weighted by Gasteiger charge is -2.30. The van der Waals surface area contributed by atoms with Gasteiger partial charge in [0.1, 0.15) is 30.0 Å². The number of rotatable bonds is 3. The van der Waals surface area contributed by atoms with Crippen LogP contribution >= 0.6 is 0 Å². The van der Waals surface area contributed by atoms with Crippen molar-refractivity contribution in [2.24, 2.45) is 10.9 Å². The van der Waals surface area contributed by atoms with Gasteiger partial charge in [-0.1, -0.05) is 18.2 Å². The van der Waals surface area contributed by atoms with E-state index in [4.69, 9.17) is 4.74 Å². The molecule has 0 saturated carbocycles. The van der Waals surface area contributed by atoms with Crippen molar-refractivity contribution >= 4 is 23.2 Å². The molecule has 0 spiro atoms. The summed E-state index contributed by atoms with van der Waals surface area (Å²) in [6.07, 6.45) is 7.94. The predicted molar refractivity (Wildman–Crippen MR) is 133 cm³/mol. The molecule has 2 atom stereocenters. The molecule has 0 aliphatic carbocycles. The molecule has 3 aromatic rings. The lowest BCUT2D eigenvalue weighted by atomic mass is 10.0. The molecule has 4 heterocycles. The molecular weight excluding hydrogens is 426 g/mol. The number of imidazole rings is 1. The zero-order valence-corrected chi connectivity index (χ0v) is 19.4. The molecule has 7 nitrogen and oxygen atoms in total. The van der Waals surface area contributed by atoms with Gasteiger partial charge < -0.3 is 19.5 Å². The van der Waals surface area contributed by atoms with Gasteiger partial charge in [0, 0.05) is 30.8 Å². The number of carbonyl (C=O) groups is 1. The third-order valence-corrected chi connectivity index (χ3v) is 6.80. The Morgan fingerprint density at radius 1 is 1.21 bits per heavy atom. The van der Waals surface area contributed by atoms with E-state index in [9.17, 15) is 4.79 Å². The second-order valence-electron chi connectivity index (χ2n) is 8.96. The van der Waals surface area contributed by atoms with Crippen LogP contribution in [0.3, 0.4) is 0 Å². The van der Waals surface area contributed by atoms with Gasteiger partial charge in [-0.2, -0.15) is 0 Å². The molecule has 6 rings (SSSR count). The first-order valence-electron chi connectivity index (χ1n) is 11.8. The number of nitrogens with one attached hydrogen (secondary N) is 1. The van der Waals surface area contributed by atoms with Crippen molar-refractivity contribution < 1.29 is 9.53 Å². The summed E-state index contributed by atoms with van der Waals surface area (Å²) in [4.78, 5) is 30.1. The molecule has 3 aliphatic heterocycles. The van der Waals surface area contributed by atoms with Crippen LogP contribution in [0.1, 0.15) is 18.3 Å². The van der Waals surface area contributed by atoms with E-state index in [2.05, 4.69) is 63.2 Å². The first-order chi connectivity index (χ1) is 16.6. The van der Waals surface area contributed by atoms with Crippen LogP contribution in [-0.4, -0.2) is 57.8 Å². The van der Waals surface area contributed by atoms with Crippen LogP contribution in [0.15, 0.2) is 65.3 Å². The minimum absolute atomic E-state index is 0.0166. The Kier molecular flexibility index (Phi) is 4.98. The van der Waals surface area contributed by atoms with Crippen LogP contribution in [0.25, 0.3) is 22.2 Å². The summed E-state index contributed by atoms with van der Waals surface area (Å²) in [7, 11) is 0. The number of aromatic nitrogens is 2. The first-order valence-corrected chi connectivity index (χ1v) is 11.8. The van der Waals surface area contributed by atoms with E-state index >= 15 is 0 Å². The molecule has 1 aromatic heterocycles. The number of likely N-dealkylation sites (N-methyl/N-ethyl adjacent to an activating group) is 1. The molecule has 2 aromatic carbocycles. The van der Waals surface area contributed by atoms with Crippen LogP contribution in [-0.2, 0) is 11.3 Å². The number of hydrogen-bond donors (Lipinski definition) is 1. The summed E-state index contributed by atoms with van der Waals surface area (Å²) < 4.78 is 6.03. The topological polar surface area (TPSA) is 73.8 Å². The molecular formula is C27H27N5O2. The van der Waals surface area contributed by atoms with E-state index in [1.54, 1.807) is 0 Å². The lowest BCUT2D eigenvalue weighted by Crippen LogP contribution is -2.41. The molecule has 0 saturated heterocycles. The fourth-order valence-electron chi connectivity index (χ4n) is 5.14. The number of ether oxygens (including phenoxy) is 1. The summed E-state index contributed by atoms with van der Waals surface area (Å²) >= 11 is 0. The molecule has 0 radical (unpaired) electrons. The number of nitrogens with zero attached hydrogens (tertiary/aromatic N) is 4. The molecule has 2 unspecified atom stereocenters. The molecule has 1 N–H and O–H groups in total. The van der Waals surface area contributed by atoms with Crippen LogP contribution in [0.4, 0.5) is 0 Å². The lowest BCUT2D eigenvalue weighted by molar-refractivity contribution is -0.129. The quantitative estimate of drug-likeness (QED) is 0.649. The molecule has 0 fully saturated rings. The number of fused-ring (bicyclic) bond motifs is 3. The minimum atomic E-state index is -0.0166. The van der Waals surface area contributed by atoms with E-state index in [1.807, 2.05) is 36.2 Å². The number of dihydropyridines is 1. The number of amides is 1. The van der Waals surface area contributed by atoms with Gasteiger partial charge in [-0.15, -0.1) is 0 Å². The third kappa shape index (κ3) is 3.48. The molecule has 34 heavy (non-hydrogen) atoms. The maximum atomic E-state index is 13.7. The van der Waals surface area contributed by atoms with E-state index in [1.165, 1.54) is 0 Å². The summed E-state index contributed by atoms with van der Waals surface area (Å²) in [5.74, 6) is 1.93. The number of hydrogen-bond acceptors (Lipinski definition) is 5. The largest absolute Gasteiger partial charge is 0.491 e. The zero-order chi connectivity index (χ0) is 23.2. The minimum Gasteiger partial charge on any atom is -0.491 e. The standard InChI is InChI=1S/C27H27N5O2/c1-3-32-24(15-20-5-4-10-28-26(20)32)27(33)31-11-12-34-25-9-7-18(13-21(25)16-31)19-6-8-22-23(14-19)30-17(2)29-22/h4-10,13-15,20,26H,3,11-12,16H2,1-2H3,(H,29,30). The van der Waals surface area contributed by atoms with Crippen molar-refractivity contribution in [1.82, 2.24) is 19.8 Å². The maximum Gasteiger partial charge on any atom is 0.270 e. The molecule has 0 bridgehead atoms. The second-order valence-corrected chi connectivity index (χ2v) is 8.96. The van der Waals surface area contributed by atoms with Crippen LogP contribution in [0.2, 0.25) is 0 Å². The van der Waals surface area contributed by atoms with Crippen molar-refractivity contribution in [3.63, 3.8) is 0 Å². The van der Waals surface area contributed by atoms with Gasteiger partial charge in [-0.05, 0) is 61.4 Å². The van der Waals surface area contributed by atoms with Gasteiger partial charge in [0.25, 0.3) is 5.91 Å². The summed E-state index contributed by atoms with van der Waals surface area (Å²) in [5, 5.41) is 0. The number of carbonyl (C=O) groups excluding carboxylic acids is 1. The average molecular weight is 454 g/mol. The van der Waals surface area contributed by atoms with E-state index < -0.39 is 0 Å². The Hall–Kier alpha value is -3.87. The fraction of sp³-hybridized carbons (Fsp3) is 0.296. The van der Waals surface area contributed by atoms with E-state index in [-0.39, 0.29) is 18.0 Å². The van der Waals surface area contributed by atoms with Crippen molar-refractivity contribution in [3.8, 4) is 16.9 Å². The monoisotopic (exact) mass is 453 g/mol. The summed E-state index contributed by atoms with van der Waals surface area (Å²) in [6, 6.07) is 12.5. The van der Waals surface area contributed by atoms with Crippen molar-refractivity contribution in [3.05, 3.63) is 71.7 Å². The Morgan fingerprint density at radius 3 is 2.94 bits per heavy atom. The highest BCUT2D eigenvalue weighted by Crippen LogP contribution is 2.34. The number of aromatic amines is 1. The summed E-state index contributed by atoms with van der Waals surface area (Å²) in [5.41, 5.74) is 5.92. The first kappa shape index (κ1) is 20.7. The van der Waals surface area contributed by atoms with Crippen molar-refractivity contribution in [2.75, 3.05) is 19.7 Å². The summed E-state index contributed by atoms with van der Waals surface area (Å²) in [6.45, 7) is 6.30. The number of aliphatic imine (C=N–C) groups is 1. The van der Waals surface area contributed by atoms with Gasteiger partial charge >= 0.3 is 0 Å². The van der Waals surface area contributed by atoms with E-state index in [0.717, 1.165) is 51.5 Å². The van der Waals surface area contributed by atoms with E-state index in [0.29, 0.717) is 19.7 Å². The van der Waals surface area contributed by atoms with Crippen LogP contribution in [0, 0.1) is 12.8 Å². The van der Waals surface area contributed by atoms with Crippen LogP contribution in [0.5, 0.6) is 5.75 Å². The highest BCUT2D eigenvalue weighted by molar-refractivity contribution is 5.94. The van der Waals surface area contributed by atoms with Gasteiger partial charge in [-0.3, -0.25) is 9.79 Å². The number of aryl methyl sites for hydroxylation is 1. The zero-order valence-electron chi connectivity index (χ0n) is 19.4. The normalized spacial score (nSPS) is 21.2. The Balaban J connectivity index is 1.29. The highest BCUT2D eigenvalue weighted by Gasteiger charge is 2.37. The number of H-pyrrole nitrogens is 1. The van der Waals surface area contributed by atoms with Gasteiger partial charge in [-0.25, -0.2) is 4.98 Å². The molecule has 1 amide bonds. The van der Waals surface area contributed by atoms with Crippen molar-refractivity contribution in [2.45, 2.75) is 26.6 Å². The van der Waals surface area contributed by atoms with Gasteiger partial charge in [0.05, 0.1) is 17.6 Å². The Morgan fingerprint density at radius 2 is 2.06 bits per heavy atom. The predicted octanol–water partition coefficient (Wildman–Crippen LogP) is 4.06. The SMILES string of the molecule is CCN1C(C(=O)N2CCOc3ccc(-c4ccc5nc(C)[nH]c5c4)cc3C2)=CC2C=CC=NC21. The average Bonchev–Trinajstić information content (AvgIpc) is 3.34. The number of allylic oxidation sites excluding steroid dienone is 1. The fourth-order valence-corrected chi connectivity index (χ4v) is 5.14. The highest BCUT2D eigenvalue weighted by atomic mass is 16.5. The third-order valence-electron chi connectivity index (χ3n) is 6.80. The molecule has 3 aliphatic rings. The smallest absolute Gasteiger partial charge is 0.270 e. The molecule has 7 heteroatoms. The second kappa shape index (κ2) is 8.17.